The molecule has 2 aliphatic heterocycles. The lowest BCUT2D eigenvalue weighted by Crippen LogP contribution is -2.56. The minimum absolute atomic E-state index is 0.0871. The summed E-state index contributed by atoms with van der Waals surface area (Å²) in [5.41, 5.74) is 0. The highest BCUT2D eigenvalue weighted by molar-refractivity contribution is 7.86. The Labute approximate surface area is 115 Å². The molecule has 0 aliphatic carbocycles. The van der Waals surface area contributed by atoms with Crippen LogP contribution in [0.15, 0.2) is 0 Å². The number of morpholine rings is 1. The minimum atomic E-state index is -3.49. The molecule has 2 fully saturated rings. The molecular formula is C12H24N2O4S. The molecule has 0 aromatic rings. The van der Waals surface area contributed by atoms with E-state index in [0.29, 0.717) is 19.6 Å². The maximum absolute atomic E-state index is 12.7. The van der Waals surface area contributed by atoms with Gasteiger partial charge in [0.1, 0.15) is 0 Å². The summed E-state index contributed by atoms with van der Waals surface area (Å²) in [6.45, 7) is 4.96. The summed E-state index contributed by atoms with van der Waals surface area (Å²) in [6.07, 6.45) is 2.41. The number of nitrogens with zero attached hydrogens (tertiary/aromatic N) is 2. The number of ether oxygens (including phenoxy) is 1. The smallest absolute Gasteiger partial charge is 0.282 e. The lowest BCUT2D eigenvalue weighted by atomic mass is 10.1. The van der Waals surface area contributed by atoms with E-state index in [1.165, 1.54) is 8.61 Å². The summed E-state index contributed by atoms with van der Waals surface area (Å²) < 4.78 is 33.9. The van der Waals surface area contributed by atoms with E-state index in [-0.39, 0.29) is 24.9 Å². The highest BCUT2D eigenvalue weighted by atomic mass is 32.2. The quantitative estimate of drug-likeness (QED) is 0.806. The number of piperidine rings is 1. The van der Waals surface area contributed by atoms with Gasteiger partial charge in [0.05, 0.1) is 18.8 Å². The number of aliphatic hydroxyl groups excluding tert-OH is 1. The number of hydrogen-bond donors (Lipinski definition) is 1. The predicted molar refractivity (Wildman–Crippen MR) is 71.9 cm³/mol. The molecule has 19 heavy (non-hydrogen) atoms. The van der Waals surface area contributed by atoms with E-state index in [1.807, 2.05) is 13.8 Å². The Balaban J connectivity index is 2.16. The number of rotatable bonds is 3. The van der Waals surface area contributed by atoms with Crippen molar-refractivity contribution in [2.75, 3.05) is 26.2 Å². The second kappa shape index (κ2) is 6.05. The monoisotopic (exact) mass is 292 g/mol. The maximum atomic E-state index is 12.7. The van der Waals surface area contributed by atoms with E-state index in [2.05, 4.69) is 0 Å². The molecule has 0 amide bonds. The molecule has 1 N–H and O–H groups in total. The third kappa shape index (κ3) is 3.28. The topological polar surface area (TPSA) is 70.1 Å². The third-order valence-corrected chi connectivity index (χ3v) is 5.82. The molecule has 2 rings (SSSR count). The molecule has 112 valence electrons. The van der Waals surface area contributed by atoms with Crippen LogP contribution in [-0.2, 0) is 14.9 Å². The molecule has 0 aromatic carbocycles. The molecule has 2 heterocycles. The van der Waals surface area contributed by atoms with E-state index in [1.54, 1.807) is 0 Å². The zero-order chi connectivity index (χ0) is 14.0. The lowest BCUT2D eigenvalue weighted by molar-refractivity contribution is -0.0462. The molecule has 0 saturated carbocycles. The van der Waals surface area contributed by atoms with Gasteiger partial charge in [-0.25, -0.2) is 0 Å². The van der Waals surface area contributed by atoms with Crippen LogP contribution in [0, 0.1) is 0 Å². The van der Waals surface area contributed by atoms with Crippen LogP contribution in [-0.4, -0.2) is 66.6 Å². The fourth-order valence-electron chi connectivity index (χ4n) is 2.93. The summed E-state index contributed by atoms with van der Waals surface area (Å²) in [6, 6.07) is -0.271. The molecule has 0 bridgehead atoms. The molecular weight excluding hydrogens is 268 g/mol. The Kier molecular flexibility index (Phi) is 4.84. The van der Waals surface area contributed by atoms with Crippen LogP contribution in [0.2, 0.25) is 0 Å². The molecule has 0 spiro atoms. The van der Waals surface area contributed by atoms with Crippen molar-refractivity contribution in [2.24, 2.45) is 0 Å². The van der Waals surface area contributed by atoms with Gasteiger partial charge in [0.25, 0.3) is 10.2 Å². The lowest BCUT2D eigenvalue weighted by Gasteiger charge is -2.41. The predicted octanol–water partition coefficient (Wildman–Crippen LogP) is 0.187. The normalized spacial score (nSPS) is 35.4. The van der Waals surface area contributed by atoms with Crippen molar-refractivity contribution in [3.05, 3.63) is 0 Å². The zero-order valence-electron chi connectivity index (χ0n) is 11.7. The highest BCUT2D eigenvalue weighted by Crippen LogP contribution is 2.24. The molecule has 2 aliphatic rings. The second-order valence-corrected chi connectivity index (χ2v) is 7.41. The Morgan fingerprint density at radius 2 is 1.84 bits per heavy atom. The summed E-state index contributed by atoms with van der Waals surface area (Å²) >= 11 is 0. The summed E-state index contributed by atoms with van der Waals surface area (Å²) in [4.78, 5) is 0. The fraction of sp³-hybridized carbons (Fsp3) is 1.00. The first kappa shape index (κ1) is 15.2. The van der Waals surface area contributed by atoms with Gasteiger partial charge in [-0.1, -0.05) is 6.42 Å². The van der Waals surface area contributed by atoms with Crippen molar-refractivity contribution >= 4 is 10.2 Å². The molecule has 7 heteroatoms. The van der Waals surface area contributed by atoms with Crippen molar-refractivity contribution in [3.63, 3.8) is 0 Å². The van der Waals surface area contributed by atoms with Gasteiger partial charge in [-0.3, -0.25) is 0 Å². The van der Waals surface area contributed by atoms with Gasteiger partial charge in [-0.15, -0.1) is 0 Å². The van der Waals surface area contributed by atoms with Crippen LogP contribution in [0.5, 0.6) is 0 Å². The van der Waals surface area contributed by atoms with Crippen LogP contribution in [0.1, 0.15) is 33.1 Å². The molecule has 0 aromatic heterocycles. The minimum Gasteiger partial charge on any atom is -0.395 e. The van der Waals surface area contributed by atoms with Crippen molar-refractivity contribution in [1.29, 1.82) is 0 Å². The van der Waals surface area contributed by atoms with Crippen LogP contribution >= 0.6 is 0 Å². The van der Waals surface area contributed by atoms with E-state index < -0.39 is 10.2 Å². The Morgan fingerprint density at radius 3 is 2.42 bits per heavy atom. The summed E-state index contributed by atoms with van der Waals surface area (Å²) in [7, 11) is -3.49. The molecule has 0 radical (unpaired) electrons. The molecule has 2 saturated heterocycles. The van der Waals surface area contributed by atoms with Gasteiger partial charge >= 0.3 is 0 Å². The van der Waals surface area contributed by atoms with E-state index in [4.69, 9.17) is 4.74 Å². The number of hydrogen-bond acceptors (Lipinski definition) is 4. The molecule has 3 unspecified atom stereocenters. The number of aliphatic hydroxyl groups is 1. The second-order valence-electron chi connectivity index (χ2n) is 5.52. The Hall–Kier alpha value is -0.210. The van der Waals surface area contributed by atoms with E-state index in [0.717, 1.165) is 19.3 Å². The van der Waals surface area contributed by atoms with Gasteiger partial charge < -0.3 is 9.84 Å². The van der Waals surface area contributed by atoms with Gasteiger partial charge in [0, 0.05) is 25.7 Å². The average Bonchev–Trinajstić information content (AvgIpc) is 2.37. The first-order chi connectivity index (χ1) is 8.95. The van der Waals surface area contributed by atoms with Crippen molar-refractivity contribution in [3.8, 4) is 0 Å². The van der Waals surface area contributed by atoms with Gasteiger partial charge in [-0.2, -0.15) is 17.0 Å². The SMILES string of the molecule is CC1CN(S(=O)(=O)N2CCCCC2CO)CC(C)O1. The first-order valence-corrected chi connectivity index (χ1v) is 8.38. The summed E-state index contributed by atoms with van der Waals surface area (Å²) in [5, 5.41) is 9.38. The third-order valence-electron chi connectivity index (χ3n) is 3.79. The van der Waals surface area contributed by atoms with Crippen molar-refractivity contribution < 1.29 is 18.3 Å². The van der Waals surface area contributed by atoms with E-state index >= 15 is 0 Å². The van der Waals surface area contributed by atoms with Crippen molar-refractivity contribution in [1.82, 2.24) is 8.61 Å². The van der Waals surface area contributed by atoms with Crippen LogP contribution < -0.4 is 0 Å². The Morgan fingerprint density at radius 1 is 1.21 bits per heavy atom. The maximum Gasteiger partial charge on any atom is 0.282 e. The van der Waals surface area contributed by atoms with Crippen LogP contribution in [0.3, 0.4) is 0 Å². The van der Waals surface area contributed by atoms with Crippen LogP contribution in [0.4, 0.5) is 0 Å². The first-order valence-electron chi connectivity index (χ1n) is 6.98. The Bertz CT molecular complexity index is 391. The van der Waals surface area contributed by atoms with Gasteiger partial charge in [0.2, 0.25) is 0 Å². The van der Waals surface area contributed by atoms with Gasteiger partial charge in [0.15, 0.2) is 0 Å². The van der Waals surface area contributed by atoms with Crippen molar-refractivity contribution in [2.45, 2.75) is 51.4 Å². The molecule has 6 nitrogen and oxygen atoms in total. The molecule has 3 atom stereocenters. The average molecular weight is 292 g/mol. The summed E-state index contributed by atoms with van der Waals surface area (Å²) in [5.74, 6) is 0. The van der Waals surface area contributed by atoms with Crippen LogP contribution in [0.25, 0.3) is 0 Å². The fourth-order valence-corrected chi connectivity index (χ4v) is 4.93. The standard InChI is InChI=1S/C12H24N2O4S/c1-10-7-13(8-11(2)18-10)19(16,17)14-6-4-3-5-12(14)9-15/h10-12,15H,3-9H2,1-2H3. The van der Waals surface area contributed by atoms with E-state index in [9.17, 15) is 13.5 Å². The van der Waals surface area contributed by atoms with Gasteiger partial charge in [-0.05, 0) is 26.7 Å². The largest absolute Gasteiger partial charge is 0.395 e. The highest BCUT2D eigenvalue weighted by Gasteiger charge is 2.39. The zero-order valence-corrected chi connectivity index (χ0v) is 12.5.